The number of carbonyl (C=O) groups is 1. The summed E-state index contributed by atoms with van der Waals surface area (Å²) < 4.78 is 0. The summed E-state index contributed by atoms with van der Waals surface area (Å²) in [5, 5.41) is 9.25. The van der Waals surface area contributed by atoms with Crippen LogP contribution in [0.5, 0.6) is 0 Å². The van der Waals surface area contributed by atoms with Gasteiger partial charge in [-0.05, 0) is 25.3 Å². The molecule has 0 fully saturated rings. The lowest BCUT2D eigenvalue weighted by atomic mass is 10.1. The molecule has 0 aliphatic heterocycles. The Hall–Kier alpha value is -0.630. The van der Waals surface area contributed by atoms with Gasteiger partial charge in [0.2, 0.25) is 0 Å². The molecule has 0 saturated heterocycles. The van der Waals surface area contributed by atoms with Gasteiger partial charge in [-0.25, -0.2) is 0 Å². The van der Waals surface area contributed by atoms with Gasteiger partial charge in [-0.15, -0.1) is 0 Å². The van der Waals surface area contributed by atoms with Crippen molar-refractivity contribution in [1.29, 1.82) is 0 Å². The van der Waals surface area contributed by atoms with Crippen molar-refractivity contribution in [2.75, 3.05) is 0 Å². The summed E-state index contributed by atoms with van der Waals surface area (Å²) in [5.41, 5.74) is 1.96. The molecule has 1 rings (SSSR count). The van der Waals surface area contributed by atoms with Gasteiger partial charge in [0, 0.05) is 6.42 Å². The van der Waals surface area contributed by atoms with E-state index >= 15 is 0 Å². The van der Waals surface area contributed by atoms with Crippen molar-refractivity contribution < 1.29 is 9.90 Å². The van der Waals surface area contributed by atoms with Crippen LogP contribution in [0.2, 0.25) is 0 Å². The Kier molecular flexibility index (Phi) is 3.04. The second kappa shape index (κ2) is 3.85. The fourth-order valence-electron chi connectivity index (χ4n) is 1.61. The predicted octanol–water partition coefficient (Wildman–Crippen LogP) is 1.83. The Morgan fingerprint density at radius 3 is 2.67 bits per heavy atom. The third kappa shape index (κ3) is 1.75. The highest BCUT2D eigenvalue weighted by atomic mass is 16.3. The maximum absolute atomic E-state index is 11.3. The molecular weight excluding hydrogens is 152 g/mol. The van der Waals surface area contributed by atoms with Crippen LogP contribution in [0.25, 0.3) is 0 Å². The first-order valence-electron chi connectivity index (χ1n) is 4.57. The normalized spacial score (nSPS) is 23.9. The number of carbonyl (C=O) groups excluding carboxylic acids is 1. The maximum Gasteiger partial charge on any atom is 0.187 e. The molecule has 1 atom stereocenters. The molecule has 0 aromatic carbocycles. The Morgan fingerprint density at radius 1 is 1.58 bits per heavy atom. The molecule has 2 nitrogen and oxygen atoms in total. The lowest BCUT2D eigenvalue weighted by Gasteiger charge is -2.01. The number of Topliss-reactive ketones (excluding diaryl/α,β-unsaturated/α-hetero) is 1. The van der Waals surface area contributed by atoms with Gasteiger partial charge in [0.15, 0.2) is 5.78 Å². The highest BCUT2D eigenvalue weighted by Gasteiger charge is 2.28. The zero-order valence-corrected chi connectivity index (χ0v) is 7.76. The summed E-state index contributed by atoms with van der Waals surface area (Å²) in [4.78, 5) is 11.3. The van der Waals surface area contributed by atoms with Crippen molar-refractivity contribution >= 4 is 5.78 Å². The second-order valence-electron chi connectivity index (χ2n) is 3.45. The van der Waals surface area contributed by atoms with Crippen LogP contribution in [-0.4, -0.2) is 17.0 Å². The van der Waals surface area contributed by atoms with Gasteiger partial charge < -0.3 is 5.11 Å². The van der Waals surface area contributed by atoms with E-state index < -0.39 is 6.10 Å². The topological polar surface area (TPSA) is 37.3 Å². The summed E-state index contributed by atoms with van der Waals surface area (Å²) in [6, 6.07) is 0. The van der Waals surface area contributed by atoms with Crippen molar-refractivity contribution in [3.63, 3.8) is 0 Å². The van der Waals surface area contributed by atoms with Crippen LogP contribution >= 0.6 is 0 Å². The summed E-state index contributed by atoms with van der Waals surface area (Å²) in [5.74, 6) is -0.0408. The number of hydrogen-bond donors (Lipinski definition) is 1. The smallest absolute Gasteiger partial charge is 0.187 e. The summed E-state index contributed by atoms with van der Waals surface area (Å²) in [6.45, 7) is 4.05. The van der Waals surface area contributed by atoms with Gasteiger partial charge in [0.05, 0.1) is 0 Å². The Morgan fingerprint density at radius 2 is 2.25 bits per heavy atom. The highest BCUT2D eigenvalue weighted by Crippen LogP contribution is 2.26. The predicted molar refractivity (Wildman–Crippen MR) is 47.9 cm³/mol. The standard InChI is InChI=1S/C10H16O2/c1-3-4-5-8-7(2)6-9(11)10(8)12/h9,11H,3-6H2,1-2H3. The van der Waals surface area contributed by atoms with Crippen molar-refractivity contribution in [2.45, 2.75) is 45.6 Å². The van der Waals surface area contributed by atoms with Gasteiger partial charge in [0.1, 0.15) is 6.10 Å². The molecule has 0 amide bonds. The quantitative estimate of drug-likeness (QED) is 0.698. The van der Waals surface area contributed by atoms with Gasteiger partial charge in [-0.2, -0.15) is 0 Å². The SMILES string of the molecule is CCCCC1=C(C)CC(O)C1=O. The number of aliphatic hydroxyl groups is 1. The first-order valence-corrected chi connectivity index (χ1v) is 4.57. The number of unbranched alkanes of at least 4 members (excludes halogenated alkanes) is 1. The van der Waals surface area contributed by atoms with Crippen LogP contribution in [0.3, 0.4) is 0 Å². The molecule has 0 bridgehead atoms. The first-order chi connectivity index (χ1) is 5.66. The fourth-order valence-corrected chi connectivity index (χ4v) is 1.61. The van der Waals surface area contributed by atoms with E-state index in [1.165, 1.54) is 0 Å². The van der Waals surface area contributed by atoms with E-state index in [0.717, 1.165) is 30.4 Å². The molecule has 0 heterocycles. The first kappa shape index (κ1) is 9.46. The molecule has 1 aliphatic carbocycles. The third-order valence-electron chi connectivity index (χ3n) is 2.40. The molecule has 68 valence electrons. The molecule has 2 heteroatoms. The van der Waals surface area contributed by atoms with Crippen molar-refractivity contribution in [1.82, 2.24) is 0 Å². The number of hydrogen-bond acceptors (Lipinski definition) is 2. The Balaban J connectivity index is 2.61. The molecule has 0 aromatic heterocycles. The van der Waals surface area contributed by atoms with E-state index in [1.54, 1.807) is 0 Å². The third-order valence-corrected chi connectivity index (χ3v) is 2.40. The minimum absolute atomic E-state index is 0.0408. The van der Waals surface area contributed by atoms with Gasteiger partial charge in [-0.1, -0.05) is 18.9 Å². The highest BCUT2D eigenvalue weighted by molar-refractivity contribution is 6.01. The fraction of sp³-hybridized carbons (Fsp3) is 0.700. The molecular formula is C10H16O2. The van der Waals surface area contributed by atoms with Crippen molar-refractivity contribution in [3.05, 3.63) is 11.1 Å². The molecule has 0 aromatic rings. The van der Waals surface area contributed by atoms with Crippen LogP contribution < -0.4 is 0 Å². The largest absolute Gasteiger partial charge is 0.385 e. The van der Waals surface area contributed by atoms with E-state index in [-0.39, 0.29) is 5.78 Å². The molecule has 0 radical (unpaired) electrons. The molecule has 1 unspecified atom stereocenters. The van der Waals surface area contributed by atoms with Crippen LogP contribution in [0.1, 0.15) is 39.5 Å². The molecule has 1 aliphatic rings. The monoisotopic (exact) mass is 168 g/mol. The van der Waals surface area contributed by atoms with Gasteiger partial charge >= 0.3 is 0 Å². The van der Waals surface area contributed by atoms with E-state index in [1.807, 2.05) is 6.92 Å². The van der Waals surface area contributed by atoms with E-state index in [4.69, 9.17) is 0 Å². The number of rotatable bonds is 3. The van der Waals surface area contributed by atoms with Crippen LogP contribution in [0.4, 0.5) is 0 Å². The average molecular weight is 168 g/mol. The Labute approximate surface area is 73.3 Å². The number of aliphatic hydroxyl groups excluding tert-OH is 1. The van der Waals surface area contributed by atoms with E-state index in [0.29, 0.717) is 6.42 Å². The van der Waals surface area contributed by atoms with E-state index in [9.17, 15) is 9.90 Å². The molecule has 1 N–H and O–H groups in total. The van der Waals surface area contributed by atoms with Crippen molar-refractivity contribution in [3.8, 4) is 0 Å². The zero-order valence-electron chi connectivity index (χ0n) is 7.76. The van der Waals surface area contributed by atoms with Crippen LogP contribution in [-0.2, 0) is 4.79 Å². The van der Waals surface area contributed by atoms with Gasteiger partial charge in [-0.3, -0.25) is 4.79 Å². The lowest BCUT2D eigenvalue weighted by Crippen LogP contribution is -2.15. The van der Waals surface area contributed by atoms with Gasteiger partial charge in [0.25, 0.3) is 0 Å². The lowest BCUT2D eigenvalue weighted by molar-refractivity contribution is -0.122. The van der Waals surface area contributed by atoms with Crippen LogP contribution in [0.15, 0.2) is 11.1 Å². The average Bonchev–Trinajstić information content (AvgIpc) is 2.25. The summed E-state index contributed by atoms with van der Waals surface area (Å²) in [6.07, 6.45) is 2.80. The maximum atomic E-state index is 11.3. The second-order valence-corrected chi connectivity index (χ2v) is 3.45. The molecule has 0 spiro atoms. The molecule has 0 saturated carbocycles. The molecule has 12 heavy (non-hydrogen) atoms. The minimum atomic E-state index is -0.739. The van der Waals surface area contributed by atoms with Crippen LogP contribution in [0, 0.1) is 0 Å². The minimum Gasteiger partial charge on any atom is -0.385 e. The zero-order chi connectivity index (χ0) is 9.14. The van der Waals surface area contributed by atoms with E-state index in [2.05, 4.69) is 6.92 Å². The Bertz CT molecular complexity index is 216. The summed E-state index contributed by atoms with van der Waals surface area (Å²) >= 11 is 0. The van der Waals surface area contributed by atoms with Crippen molar-refractivity contribution in [2.24, 2.45) is 0 Å². The number of ketones is 1. The summed E-state index contributed by atoms with van der Waals surface area (Å²) in [7, 11) is 0.